The summed E-state index contributed by atoms with van der Waals surface area (Å²) in [6.07, 6.45) is 7.39. The van der Waals surface area contributed by atoms with E-state index in [1.807, 2.05) is 44.5 Å². The van der Waals surface area contributed by atoms with E-state index in [0.29, 0.717) is 13.2 Å². The van der Waals surface area contributed by atoms with Gasteiger partial charge in [0.25, 0.3) is 5.91 Å². The highest BCUT2D eigenvalue weighted by Gasteiger charge is 2.20. The maximum absolute atomic E-state index is 14.9. The third kappa shape index (κ3) is 4.51. The lowest BCUT2D eigenvalue weighted by Gasteiger charge is -2.29. The number of nitrogens with zero attached hydrogens (tertiary/aromatic N) is 5. The average molecular weight is 477 g/mol. The minimum atomic E-state index is -0.494. The van der Waals surface area contributed by atoms with Crippen molar-refractivity contribution < 1.29 is 13.9 Å². The van der Waals surface area contributed by atoms with Gasteiger partial charge in [-0.05, 0) is 63.1 Å². The van der Waals surface area contributed by atoms with Gasteiger partial charge in [-0.15, -0.1) is 0 Å². The van der Waals surface area contributed by atoms with E-state index in [0.717, 1.165) is 41.1 Å². The van der Waals surface area contributed by atoms with Crippen LogP contribution in [0, 0.1) is 12.7 Å². The van der Waals surface area contributed by atoms with Crippen molar-refractivity contribution in [3.8, 4) is 11.1 Å². The van der Waals surface area contributed by atoms with Gasteiger partial charge in [-0.2, -0.15) is 5.10 Å². The molecule has 0 unspecified atom stereocenters. The van der Waals surface area contributed by atoms with Gasteiger partial charge in [-0.3, -0.25) is 9.48 Å². The summed E-state index contributed by atoms with van der Waals surface area (Å²) in [4.78, 5) is 19.6. The van der Waals surface area contributed by atoms with Crippen molar-refractivity contribution in [1.29, 1.82) is 0 Å². The van der Waals surface area contributed by atoms with Crippen LogP contribution in [0.25, 0.3) is 16.8 Å². The highest BCUT2D eigenvalue weighted by Crippen LogP contribution is 2.33. The Bertz CT molecular complexity index is 1390. The van der Waals surface area contributed by atoms with Gasteiger partial charge in [0.05, 0.1) is 30.1 Å². The quantitative estimate of drug-likeness (QED) is 0.470. The number of fused-ring (bicyclic) bond motifs is 1. The van der Waals surface area contributed by atoms with Gasteiger partial charge in [0.2, 0.25) is 0 Å². The molecule has 0 spiro atoms. The predicted octanol–water partition coefficient (Wildman–Crippen LogP) is 4.49. The number of ether oxygens (including phenoxy) is 1. The molecule has 0 saturated carbocycles. The highest BCUT2D eigenvalue weighted by atomic mass is 19.1. The Kier molecular flexibility index (Phi) is 5.80. The second-order valence-corrected chi connectivity index (χ2v) is 9.79. The Hall–Kier alpha value is -3.72. The van der Waals surface area contributed by atoms with Gasteiger partial charge in [0.1, 0.15) is 5.82 Å². The van der Waals surface area contributed by atoms with Crippen LogP contribution in [0.2, 0.25) is 0 Å². The Labute approximate surface area is 203 Å². The van der Waals surface area contributed by atoms with Crippen LogP contribution in [0.3, 0.4) is 0 Å². The number of imidazole rings is 1. The number of carbonyl (C=O) groups excluding carboxylic acids is 1. The van der Waals surface area contributed by atoms with Gasteiger partial charge >= 0.3 is 0 Å². The molecule has 1 amide bonds. The summed E-state index contributed by atoms with van der Waals surface area (Å²) in [5.41, 5.74) is 4.44. The molecule has 1 fully saturated rings. The van der Waals surface area contributed by atoms with E-state index in [9.17, 15) is 9.18 Å². The van der Waals surface area contributed by atoms with Crippen molar-refractivity contribution in [2.45, 2.75) is 33.2 Å². The summed E-state index contributed by atoms with van der Waals surface area (Å²) in [6, 6.07) is 6.84. The molecule has 4 aromatic rings. The zero-order chi connectivity index (χ0) is 24.7. The number of anilines is 2. The van der Waals surface area contributed by atoms with E-state index < -0.39 is 11.7 Å². The second-order valence-electron chi connectivity index (χ2n) is 9.79. The molecule has 4 heterocycles. The molecule has 3 aromatic heterocycles. The Morgan fingerprint density at radius 2 is 1.91 bits per heavy atom. The van der Waals surface area contributed by atoms with Gasteiger partial charge in [-0.1, -0.05) is 0 Å². The van der Waals surface area contributed by atoms with E-state index in [-0.39, 0.29) is 16.9 Å². The number of hydrogen-bond acceptors (Lipinski definition) is 5. The third-order valence-corrected chi connectivity index (χ3v) is 6.20. The van der Waals surface area contributed by atoms with Crippen LogP contribution in [-0.2, 0) is 10.3 Å². The lowest BCUT2D eigenvalue weighted by atomic mass is 10.00. The average Bonchev–Trinajstić information content (AvgIpc) is 3.50. The molecule has 1 aliphatic heterocycles. The smallest absolute Gasteiger partial charge is 0.276 e. The van der Waals surface area contributed by atoms with Gasteiger partial charge in [0, 0.05) is 43.4 Å². The van der Waals surface area contributed by atoms with Crippen molar-refractivity contribution >= 4 is 22.9 Å². The van der Waals surface area contributed by atoms with Crippen LogP contribution in [0.1, 0.15) is 36.8 Å². The number of aromatic nitrogens is 4. The summed E-state index contributed by atoms with van der Waals surface area (Å²) in [6.45, 7) is 10.7. The molecule has 1 aliphatic rings. The first-order valence-corrected chi connectivity index (χ1v) is 11.7. The molecule has 182 valence electrons. The van der Waals surface area contributed by atoms with E-state index in [2.05, 4.69) is 26.4 Å². The molecule has 9 heteroatoms. The van der Waals surface area contributed by atoms with Crippen LogP contribution in [0.4, 0.5) is 15.8 Å². The fourth-order valence-corrected chi connectivity index (χ4v) is 4.28. The molecule has 1 N–H and O–H groups in total. The standard InChI is InChI=1S/C26H29FN6O2/c1-17-13-20(27)22(29-25(34)21-5-7-33(30-21)26(2,3)4)15-19(17)18-14-23(31-9-11-35-12-10-31)24-28-6-8-32(24)16-18/h5-8,13-16H,9-12H2,1-4H3,(H,29,34). The number of carbonyl (C=O) groups is 1. The van der Waals surface area contributed by atoms with E-state index in [1.165, 1.54) is 6.07 Å². The maximum Gasteiger partial charge on any atom is 0.276 e. The van der Waals surface area contributed by atoms with E-state index >= 15 is 0 Å². The fraction of sp³-hybridized carbons (Fsp3) is 0.346. The van der Waals surface area contributed by atoms with Crippen molar-refractivity contribution in [1.82, 2.24) is 19.2 Å². The number of morpholine rings is 1. The monoisotopic (exact) mass is 476 g/mol. The largest absolute Gasteiger partial charge is 0.378 e. The number of hydrogen-bond donors (Lipinski definition) is 1. The number of benzene rings is 1. The maximum atomic E-state index is 14.9. The third-order valence-electron chi connectivity index (χ3n) is 6.20. The number of nitrogens with one attached hydrogen (secondary N) is 1. The van der Waals surface area contributed by atoms with Crippen molar-refractivity contribution in [2.75, 3.05) is 36.5 Å². The molecule has 1 aromatic carbocycles. The zero-order valence-corrected chi connectivity index (χ0v) is 20.4. The number of amides is 1. The molecule has 8 nitrogen and oxygen atoms in total. The second kappa shape index (κ2) is 8.81. The number of pyridine rings is 1. The number of halogens is 1. The summed E-state index contributed by atoms with van der Waals surface area (Å²) in [7, 11) is 0. The fourth-order valence-electron chi connectivity index (χ4n) is 4.28. The van der Waals surface area contributed by atoms with Crippen LogP contribution >= 0.6 is 0 Å². The van der Waals surface area contributed by atoms with Crippen LogP contribution in [-0.4, -0.2) is 51.4 Å². The zero-order valence-electron chi connectivity index (χ0n) is 20.4. The lowest BCUT2D eigenvalue weighted by molar-refractivity contribution is 0.102. The Morgan fingerprint density at radius 1 is 1.14 bits per heavy atom. The van der Waals surface area contributed by atoms with Crippen molar-refractivity contribution in [3.63, 3.8) is 0 Å². The molecule has 35 heavy (non-hydrogen) atoms. The first-order chi connectivity index (χ1) is 16.7. The van der Waals surface area contributed by atoms with Crippen LogP contribution in [0.15, 0.2) is 49.1 Å². The number of rotatable bonds is 4. The summed E-state index contributed by atoms with van der Waals surface area (Å²) < 4.78 is 24.1. The summed E-state index contributed by atoms with van der Waals surface area (Å²) >= 11 is 0. The van der Waals surface area contributed by atoms with Gasteiger partial charge < -0.3 is 19.4 Å². The van der Waals surface area contributed by atoms with Gasteiger partial charge in [-0.25, -0.2) is 9.37 Å². The lowest BCUT2D eigenvalue weighted by Crippen LogP contribution is -2.36. The predicted molar refractivity (Wildman–Crippen MR) is 134 cm³/mol. The van der Waals surface area contributed by atoms with Crippen LogP contribution in [0.5, 0.6) is 0 Å². The topological polar surface area (TPSA) is 76.7 Å². The molecule has 0 radical (unpaired) electrons. The number of aryl methyl sites for hydroxylation is 1. The van der Waals surface area contributed by atoms with Gasteiger partial charge in [0.15, 0.2) is 11.3 Å². The normalized spacial score (nSPS) is 14.5. The molecule has 1 saturated heterocycles. The molecule has 0 atom stereocenters. The first-order valence-electron chi connectivity index (χ1n) is 11.7. The van der Waals surface area contributed by atoms with Crippen LogP contribution < -0.4 is 10.2 Å². The molecule has 5 rings (SSSR count). The minimum absolute atomic E-state index is 0.111. The Morgan fingerprint density at radius 3 is 2.63 bits per heavy atom. The highest BCUT2D eigenvalue weighted by molar-refractivity contribution is 6.03. The minimum Gasteiger partial charge on any atom is -0.378 e. The van der Waals surface area contributed by atoms with Crippen molar-refractivity contribution in [3.05, 3.63) is 66.1 Å². The first kappa shape index (κ1) is 23.0. The summed E-state index contributed by atoms with van der Waals surface area (Å²) in [5.74, 6) is -0.951. The van der Waals surface area contributed by atoms with Crippen molar-refractivity contribution in [2.24, 2.45) is 0 Å². The SMILES string of the molecule is Cc1cc(F)c(NC(=O)c2ccn(C(C)(C)C)n2)cc1-c1cc(N2CCOCC2)c2nccn2c1. The molecule has 0 aliphatic carbocycles. The van der Waals surface area contributed by atoms with E-state index in [4.69, 9.17) is 4.74 Å². The Balaban J connectivity index is 1.51. The molecular formula is C26H29FN6O2. The summed E-state index contributed by atoms with van der Waals surface area (Å²) in [5, 5.41) is 7.06. The molecule has 0 bridgehead atoms. The molecular weight excluding hydrogens is 447 g/mol. The van der Waals surface area contributed by atoms with E-state index in [1.54, 1.807) is 29.2 Å².